The molecule has 0 aromatic heterocycles. The Labute approximate surface area is 164 Å². The number of halogens is 1. The van der Waals surface area contributed by atoms with Crippen LogP contribution in [0.4, 0.5) is 10.1 Å². The summed E-state index contributed by atoms with van der Waals surface area (Å²) >= 11 is 0. The van der Waals surface area contributed by atoms with E-state index in [1.807, 2.05) is 12.1 Å². The maximum absolute atomic E-state index is 14.1. The second kappa shape index (κ2) is 7.25. The van der Waals surface area contributed by atoms with E-state index in [1.165, 1.54) is 27.1 Å². The van der Waals surface area contributed by atoms with Crippen molar-refractivity contribution in [3.63, 3.8) is 0 Å². The van der Waals surface area contributed by atoms with Crippen LogP contribution in [0.3, 0.4) is 0 Å². The molecular weight excluding hydrogens is 347 g/mol. The Morgan fingerprint density at radius 1 is 0.679 bits per heavy atom. The van der Waals surface area contributed by atoms with Crippen LogP contribution < -0.4 is 4.90 Å². The summed E-state index contributed by atoms with van der Waals surface area (Å²) in [5.74, 6) is -0.129. The zero-order chi connectivity index (χ0) is 18.9. The van der Waals surface area contributed by atoms with E-state index < -0.39 is 0 Å². The Bertz CT molecular complexity index is 1080. The van der Waals surface area contributed by atoms with Gasteiger partial charge >= 0.3 is 0 Å². The number of fused-ring (bicyclic) bond motifs is 2. The van der Waals surface area contributed by atoms with E-state index in [9.17, 15) is 4.39 Å². The average Bonchev–Trinajstić information content (AvgIpc) is 2.74. The molecule has 0 N–H and O–H groups in total. The van der Waals surface area contributed by atoms with E-state index in [0.717, 1.165) is 38.4 Å². The Hall–Kier alpha value is -2.91. The van der Waals surface area contributed by atoms with Gasteiger partial charge in [0.2, 0.25) is 0 Å². The third kappa shape index (κ3) is 3.12. The maximum Gasteiger partial charge on any atom is 0.146 e. The molecule has 3 heteroatoms. The monoisotopic (exact) mass is 370 g/mol. The number of piperazine rings is 1. The Kier molecular flexibility index (Phi) is 4.46. The van der Waals surface area contributed by atoms with E-state index in [0.29, 0.717) is 0 Å². The number of hydrogen-bond donors (Lipinski definition) is 0. The maximum atomic E-state index is 14.1. The first kappa shape index (κ1) is 17.2. The van der Waals surface area contributed by atoms with Crippen LogP contribution in [0.5, 0.6) is 0 Å². The van der Waals surface area contributed by atoms with Crippen molar-refractivity contribution >= 4 is 27.2 Å². The standard InChI is InChI=1S/C25H23FN2/c26-24-11-5-6-12-25(24)28-15-13-27(14-16-28)18-23-21-9-3-1-7-19(21)17-20-8-2-4-10-22(20)23/h1-12,17H,13-16,18H2. The molecule has 0 atom stereocenters. The molecule has 0 saturated carbocycles. The molecule has 1 saturated heterocycles. The van der Waals surface area contributed by atoms with Crippen molar-refractivity contribution in [2.24, 2.45) is 0 Å². The van der Waals surface area contributed by atoms with Crippen molar-refractivity contribution in [2.75, 3.05) is 31.1 Å². The van der Waals surface area contributed by atoms with Gasteiger partial charge in [-0.1, -0.05) is 60.7 Å². The second-order valence-electron chi connectivity index (χ2n) is 7.51. The normalized spacial score (nSPS) is 15.4. The van der Waals surface area contributed by atoms with Crippen LogP contribution in [-0.2, 0) is 6.54 Å². The van der Waals surface area contributed by atoms with Crippen molar-refractivity contribution in [3.05, 3.63) is 90.2 Å². The molecule has 4 aromatic rings. The summed E-state index contributed by atoms with van der Waals surface area (Å²) in [5, 5.41) is 5.25. The summed E-state index contributed by atoms with van der Waals surface area (Å²) in [6.07, 6.45) is 0. The first-order chi connectivity index (χ1) is 13.8. The molecule has 0 aliphatic carbocycles. The van der Waals surface area contributed by atoms with Crippen molar-refractivity contribution in [1.29, 1.82) is 0 Å². The van der Waals surface area contributed by atoms with Crippen LogP contribution >= 0.6 is 0 Å². The molecule has 140 valence electrons. The molecule has 1 aliphatic rings. The van der Waals surface area contributed by atoms with Gasteiger partial charge < -0.3 is 4.90 Å². The molecule has 1 heterocycles. The highest BCUT2D eigenvalue weighted by atomic mass is 19.1. The number of nitrogens with zero attached hydrogens (tertiary/aromatic N) is 2. The molecule has 1 aliphatic heterocycles. The minimum absolute atomic E-state index is 0.129. The Balaban J connectivity index is 1.42. The highest BCUT2D eigenvalue weighted by molar-refractivity contribution is 6.02. The number of rotatable bonds is 3. The fraction of sp³-hybridized carbons (Fsp3) is 0.200. The molecule has 0 radical (unpaired) electrons. The highest BCUT2D eigenvalue weighted by Gasteiger charge is 2.20. The molecule has 28 heavy (non-hydrogen) atoms. The van der Waals surface area contributed by atoms with Crippen LogP contribution in [0.15, 0.2) is 78.9 Å². The summed E-state index contributed by atoms with van der Waals surface area (Å²) in [4.78, 5) is 4.65. The second-order valence-corrected chi connectivity index (χ2v) is 7.51. The lowest BCUT2D eigenvalue weighted by Crippen LogP contribution is -2.46. The molecule has 0 amide bonds. The predicted octanol–water partition coefficient (Wildman–Crippen LogP) is 5.45. The first-order valence-electron chi connectivity index (χ1n) is 9.91. The van der Waals surface area contributed by atoms with Crippen LogP contribution in [0, 0.1) is 5.82 Å². The van der Waals surface area contributed by atoms with Gasteiger partial charge in [-0.15, -0.1) is 0 Å². The van der Waals surface area contributed by atoms with Crippen LogP contribution in [-0.4, -0.2) is 31.1 Å². The van der Waals surface area contributed by atoms with Gasteiger partial charge in [-0.25, -0.2) is 4.39 Å². The topological polar surface area (TPSA) is 6.48 Å². The third-order valence-electron chi connectivity index (χ3n) is 5.83. The molecular formula is C25H23FN2. The number of benzene rings is 4. The Morgan fingerprint density at radius 2 is 1.25 bits per heavy atom. The fourth-order valence-electron chi connectivity index (χ4n) is 4.36. The van der Waals surface area contributed by atoms with Crippen LogP contribution in [0.1, 0.15) is 5.56 Å². The van der Waals surface area contributed by atoms with Crippen LogP contribution in [0.25, 0.3) is 21.5 Å². The number of para-hydroxylation sites is 1. The molecule has 0 bridgehead atoms. The summed E-state index contributed by atoms with van der Waals surface area (Å²) in [5.41, 5.74) is 2.12. The van der Waals surface area contributed by atoms with E-state index in [-0.39, 0.29) is 5.82 Å². The lowest BCUT2D eigenvalue weighted by atomic mass is 9.96. The predicted molar refractivity (Wildman–Crippen MR) is 115 cm³/mol. The Morgan fingerprint density at radius 3 is 1.89 bits per heavy atom. The smallest absolute Gasteiger partial charge is 0.146 e. The van der Waals surface area contributed by atoms with E-state index >= 15 is 0 Å². The van der Waals surface area contributed by atoms with Gasteiger partial charge in [0.1, 0.15) is 5.82 Å². The van der Waals surface area contributed by atoms with Crippen molar-refractivity contribution in [3.8, 4) is 0 Å². The van der Waals surface area contributed by atoms with Crippen molar-refractivity contribution < 1.29 is 4.39 Å². The molecule has 2 nitrogen and oxygen atoms in total. The number of anilines is 1. The van der Waals surface area contributed by atoms with Crippen molar-refractivity contribution in [1.82, 2.24) is 4.90 Å². The van der Waals surface area contributed by atoms with Crippen LogP contribution in [0.2, 0.25) is 0 Å². The zero-order valence-electron chi connectivity index (χ0n) is 15.8. The molecule has 4 aromatic carbocycles. The fourth-order valence-corrected chi connectivity index (χ4v) is 4.36. The van der Waals surface area contributed by atoms with Gasteiger partial charge in [0.25, 0.3) is 0 Å². The largest absolute Gasteiger partial charge is 0.367 e. The number of hydrogen-bond acceptors (Lipinski definition) is 2. The summed E-state index contributed by atoms with van der Waals surface area (Å²) in [7, 11) is 0. The third-order valence-corrected chi connectivity index (χ3v) is 5.83. The van der Waals surface area contributed by atoms with E-state index in [4.69, 9.17) is 0 Å². The van der Waals surface area contributed by atoms with Crippen molar-refractivity contribution in [2.45, 2.75) is 6.54 Å². The minimum atomic E-state index is -0.129. The summed E-state index contributed by atoms with van der Waals surface area (Å²) in [6, 6.07) is 26.7. The molecule has 5 rings (SSSR count). The molecule has 1 fully saturated rings. The average molecular weight is 370 g/mol. The SMILES string of the molecule is Fc1ccccc1N1CCN(Cc2c3ccccc3cc3ccccc23)CC1. The zero-order valence-corrected chi connectivity index (χ0v) is 15.8. The van der Waals surface area contributed by atoms with E-state index in [1.54, 1.807) is 12.1 Å². The van der Waals surface area contributed by atoms with Gasteiger partial charge in [-0.3, -0.25) is 4.90 Å². The van der Waals surface area contributed by atoms with Gasteiger partial charge in [-0.2, -0.15) is 0 Å². The van der Waals surface area contributed by atoms with Gasteiger partial charge in [0.05, 0.1) is 5.69 Å². The van der Waals surface area contributed by atoms with Gasteiger partial charge in [0, 0.05) is 32.7 Å². The quantitative estimate of drug-likeness (QED) is 0.442. The van der Waals surface area contributed by atoms with E-state index in [2.05, 4.69) is 64.4 Å². The highest BCUT2D eigenvalue weighted by Crippen LogP contribution is 2.30. The van der Waals surface area contributed by atoms with Gasteiger partial charge in [-0.05, 0) is 45.3 Å². The molecule has 0 spiro atoms. The first-order valence-corrected chi connectivity index (χ1v) is 9.91. The molecule has 0 unspecified atom stereocenters. The van der Waals surface area contributed by atoms with Gasteiger partial charge in [0.15, 0.2) is 0 Å². The summed E-state index contributed by atoms with van der Waals surface area (Å²) in [6.45, 7) is 4.50. The lowest BCUT2D eigenvalue weighted by molar-refractivity contribution is 0.251. The lowest BCUT2D eigenvalue weighted by Gasteiger charge is -2.36. The summed E-state index contributed by atoms with van der Waals surface area (Å²) < 4.78 is 14.1. The minimum Gasteiger partial charge on any atom is -0.367 e.